The molecule has 35 heavy (non-hydrogen) atoms. The largest absolute Gasteiger partial charge is 0.420 e. The summed E-state index contributed by atoms with van der Waals surface area (Å²) in [6.45, 7) is 3.93. The van der Waals surface area contributed by atoms with Crippen LogP contribution in [0.15, 0.2) is 29.8 Å². The van der Waals surface area contributed by atoms with Crippen LogP contribution in [0.5, 0.6) is 0 Å². The van der Waals surface area contributed by atoms with Crippen molar-refractivity contribution in [3.63, 3.8) is 0 Å². The van der Waals surface area contributed by atoms with Gasteiger partial charge in [-0.25, -0.2) is 23.4 Å². The highest BCUT2D eigenvalue weighted by Crippen LogP contribution is 2.39. The first-order chi connectivity index (χ1) is 16.4. The average Bonchev–Trinajstić information content (AvgIpc) is 3.40. The zero-order valence-electron chi connectivity index (χ0n) is 19.0. The van der Waals surface area contributed by atoms with Crippen molar-refractivity contribution in [2.75, 3.05) is 18.4 Å². The van der Waals surface area contributed by atoms with Crippen LogP contribution >= 0.6 is 11.3 Å². The summed E-state index contributed by atoms with van der Waals surface area (Å²) in [6.07, 6.45) is -0.678. The van der Waals surface area contributed by atoms with Crippen LogP contribution in [-0.2, 0) is 23.2 Å². The number of aryl methyl sites for hydroxylation is 2. The summed E-state index contributed by atoms with van der Waals surface area (Å²) in [5.41, 5.74) is -0.994. The van der Waals surface area contributed by atoms with Gasteiger partial charge in [0.05, 0.1) is 22.5 Å². The summed E-state index contributed by atoms with van der Waals surface area (Å²) in [6, 6.07) is 3.11. The fourth-order valence-electron chi connectivity index (χ4n) is 3.92. The van der Waals surface area contributed by atoms with Crippen LogP contribution < -0.4 is 5.32 Å². The molecule has 1 aliphatic rings. The summed E-state index contributed by atoms with van der Waals surface area (Å²) >= 11 is 1.06. The van der Waals surface area contributed by atoms with E-state index in [9.17, 15) is 26.9 Å². The number of nitrogens with one attached hydrogen (secondary N) is 1. The first-order valence-electron chi connectivity index (χ1n) is 10.6. The van der Waals surface area contributed by atoms with Crippen molar-refractivity contribution in [3.05, 3.63) is 40.8 Å². The lowest BCUT2D eigenvalue weighted by atomic mass is 9.95. The molecule has 1 aliphatic heterocycles. The van der Waals surface area contributed by atoms with Crippen molar-refractivity contribution in [1.82, 2.24) is 23.8 Å². The number of imidazole rings is 1. The predicted molar refractivity (Wildman–Crippen MR) is 123 cm³/mol. The normalized spacial score (nSPS) is 19.5. The van der Waals surface area contributed by atoms with Crippen LogP contribution in [0.25, 0.3) is 10.6 Å². The van der Waals surface area contributed by atoms with E-state index in [4.69, 9.17) is 0 Å². The number of aromatic nitrogens is 4. The molecule has 0 saturated carbocycles. The molecular formula is C21H22F3N7O2S2. The van der Waals surface area contributed by atoms with E-state index in [-0.39, 0.29) is 46.6 Å². The van der Waals surface area contributed by atoms with Crippen LogP contribution in [0.2, 0.25) is 0 Å². The van der Waals surface area contributed by atoms with Crippen molar-refractivity contribution in [3.8, 4) is 16.6 Å². The summed E-state index contributed by atoms with van der Waals surface area (Å²) in [4.78, 5) is 12.8. The molecule has 3 aromatic heterocycles. The minimum absolute atomic E-state index is 0.00967. The molecule has 1 fully saturated rings. The Balaban J connectivity index is 1.56. The molecular weight excluding hydrogens is 503 g/mol. The van der Waals surface area contributed by atoms with E-state index in [1.807, 2.05) is 13.0 Å². The van der Waals surface area contributed by atoms with Gasteiger partial charge in [-0.05, 0) is 25.3 Å². The number of hydrogen-bond acceptors (Lipinski definition) is 8. The van der Waals surface area contributed by atoms with Gasteiger partial charge in [-0.3, -0.25) is 0 Å². The minimum atomic E-state index is -4.67. The highest BCUT2D eigenvalue weighted by atomic mass is 32.2. The summed E-state index contributed by atoms with van der Waals surface area (Å²) in [5.74, 6) is -0.166. The number of thiophene rings is 1. The number of piperidine rings is 1. The Morgan fingerprint density at radius 1 is 1.31 bits per heavy atom. The number of anilines is 1. The second kappa shape index (κ2) is 9.21. The third-order valence-electron chi connectivity index (χ3n) is 5.83. The number of sulfonamides is 1. The second-order valence-electron chi connectivity index (χ2n) is 8.40. The van der Waals surface area contributed by atoms with E-state index in [2.05, 4.69) is 20.3 Å². The number of hydrogen-bond donors (Lipinski definition) is 1. The van der Waals surface area contributed by atoms with Gasteiger partial charge in [0.2, 0.25) is 5.95 Å². The molecule has 0 aromatic carbocycles. The molecule has 0 bridgehead atoms. The van der Waals surface area contributed by atoms with E-state index in [1.54, 1.807) is 18.5 Å². The van der Waals surface area contributed by atoms with Crippen LogP contribution in [-0.4, -0.2) is 51.4 Å². The highest BCUT2D eigenvalue weighted by molar-refractivity contribution is 7.89. The third kappa shape index (κ3) is 5.02. The number of nitriles is 1. The molecule has 0 radical (unpaired) electrons. The van der Waals surface area contributed by atoms with Gasteiger partial charge in [-0.2, -0.15) is 22.7 Å². The molecule has 0 spiro atoms. The van der Waals surface area contributed by atoms with Crippen LogP contribution in [0.3, 0.4) is 0 Å². The SMILES string of the molecule is Cc1sc(-c2nc(N[C@H]3CCN(S(=O)(=O)c4cn(C)cn4)C[C@H]3C)ncc2C(F)(F)F)cc1C#N. The van der Waals surface area contributed by atoms with Gasteiger partial charge in [0.25, 0.3) is 10.0 Å². The van der Waals surface area contributed by atoms with E-state index in [0.717, 1.165) is 17.5 Å². The van der Waals surface area contributed by atoms with Gasteiger partial charge >= 0.3 is 6.18 Å². The Kier molecular flexibility index (Phi) is 6.60. The van der Waals surface area contributed by atoms with Gasteiger partial charge in [0.15, 0.2) is 5.03 Å². The molecule has 186 valence electrons. The maximum Gasteiger partial charge on any atom is 0.420 e. The quantitative estimate of drug-likeness (QED) is 0.540. The molecule has 1 saturated heterocycles. The standard InChI is InChI=1S/C21H22F3N7O2S2/c1-12-9-31(35(32,33)18-10-30(3)11-27-18)5-4-16(12)28-20-26-8-15(21(22,23)24)19(29-20)17-6-14(7-25)13(2)34-17/h6,8,10-12,16H,4-5,9H2,1-3H3,(H,26,28,29)/t12-,16+/m1/s1. The van der Waals surface area contributed by atoms with Gasteiger partial charge < -0.3 is 9.88 Å². The molecule has 0 aliphatic carbocycles. The number of nitrogens with zero attached hydrogens (tertiary/aromatic N) is 6. The maximum atomic E-state index is 13.6. The maximum absolute atomic E-state index is 13.6. The van der Waals surface area contributed by atoms with Gasteiger partial charge in [0.1, 0.15) is 11.6 Å². The lowest BCUT2D eigenvalue weighted by Crippen LogP contribution is -2.47. The van der Waals surface area contributed by atoms with E-state index in [1.165, 1.54) is 22.9 Å². The lowest BCUT2D eigenvalue weighted by molar-refractivity contribution is -0.137. The Morgan fingerprint density at radius 3 is 2.63 bits per heavy atom. The van der Waals surface area contributed by atoms with Crippen LogP contribution in [0.4, 0.5) is 19.1 Å². The number of halogens is 3. The van der Waals surface area contributed by atoms with Crippen molar-refractivity contribution >= 4 is 27.3 Å². The Hall–Kier alpha value is -3.02. The predicted octanol–water partition coefficient (Wildman–Crippen LogP) is 3.65. The average molecular weight is 526 g/mol. The highest BCUT2D eigenvalue weighted by Gasteiger charge is 2.37. The van der Waals surface area contributed by atoms with E-state index in [0.29, 0.717) is 16.9 Å². The molecule has 1 N–H and O–H groups in total. The number of alkyl halides is 3. The monoisotopic (exact) mass is 525 g/mol. The third-order valence-corrected chi connectivity index (χ3v) is 8.64. The minimum Gasteiger partial charge on any atom is -0.351 e. The first-order valence-corrected chi connectivity index (χ1v) is 12.9. The first kappa shape index (κ1) is 25.1. The molecule has 4 heterocycles. The fraction of sp³-hybridized carbons (Fsp3) is 0.429. The van der Waals surface area contributed by atoms with E-state index >= 15 is 0 Å². The second-order valence-corrected chi connectivity index (χ2v) is 11.5. The lowest BCUT2D eigenvalue weighted by Gasteiger charge is -2.36. The Morgan fingerprint density at radius 2 is 2.06 bits per heavy atom. The van der Waals surface area contributed by atoms with Crippen LogP contribution in [0, 0.1) is 24.2 Å². The van der Waals surface area contributed by atoms with Crippen LogP contribution in [0.1, 0.15) is 29.3 Å². The Bertz CT molecular complexity index is 1390. The molecule has 4 rings (SSSR count). The topological polar surface area (TPSA) is 117 Å². The summed E-state index contributed by atoms with van der Waals surface area (Å²) in [7, 11) is -2.06. The van der Waals surface area contributed by atoms with Gasteiger partial charge in [-0.1, -0.05) is 6.92 Å². The van der Waals surface area contributed by atoms with Crippen molar-refractivity contribution in [1.29, 1.82) is 5.26 Å². The zero-order valence-corrected chi connectivity index (χ0v) is 20.7. The van der Waals surface area contributed by atoms with Gasteiger partial charge in [0, 0.05) is 43.4 Å². The Labute approximate surface area is 204 Å². The van der Waals surface area contributed by atoms with Crippen molar-refractivity contribution in [2.24, 2.45) is 13.0 Å². The molecule has 0 unspecified atom stereocenters. The molecule has 0 amide bonds. The smallest absolute Gasteiger partial charge is 0.351 e. The molecule has 9 nitrogen and oxygen atoms in total. The zero-order chi connectivity index (χ0) is 25.5. The van der Waals surface area contributed by atoms with Crippen molar-refractivity contribution < 1.29 is 21.6 Å². The summed E-state index contributed by atoms with van der Waals surface area (Å²) < 4.78 is 69.6. The molecule has 2 atom stereocenters. The molecule has 3 aromatic rings. The van der Waals surface area contributed by atoms with Crippen molar-refractivity contribution in [2.45, 2.75) is 37.5 Å². The summed E-state index contributed by atoms with van der Waals surface area (Å²) in [5, 5.41) is 12.2. The van der Waals surface area contributed by atoms with E-state index < -0.39 is 21.8 Å². The fourth-order valence-corrected chi connectivity index (χ4v) is 6.41. The number of rotatable bonds is 5. The van der Waals surface area contributed by atoms with Gasteiger partial charge in [-0.15, -0.1) is 11.3 Å². The molecule has 14 heteroatoms.